The molecule has 2 rings (SSSR count). The van der Waals surface area contributed by atoms with Gasteiger partial charge in [-0.15, -0.1) is 0 Å². The predicted molar refractivity (Wildman–Crippen MR) is 68.2 cm³/mol. The van der Waals surface area contributed by atoms with E-state index in [4.69, 9.17) is 4.74 Å². The summed E-state index contributed by atoms with van der Waals surface area (Å²) in [5, 5.41) is 0. The molecule has 1 aliphatic rings. The highest BCUT2D eigenvalue weighted by Crippen LogP contribution is 2.36. The number of carbonyl (C=O) groups is 2. The molecule has 18 heavy (non-hydrogen) atoms. The van der Waals surface area contributed by atoms with Gasteiger partial charge in [-0.2, -0.15) is 0 Å². The fourth-order valence-corrected chi connectivity index (χ4v) is 2.59. The van der Waals surface area contributed by atoms with Gasteiger partial charge in [-0.05, 0) is 18.9 Å². The molecule has 3 heteroatoms. The highest BCUT2D eigenvalue weighted by atomic mass is 16.5. The largest absolute Gasteiger partial charge is 0.466 e. The fourth-order valence-electron chi connectivity index (χ4n) is 2.59. The van der Waals surface area contributed by atoms with E-state index in [0.717, 1.165) is 5.56 Å². The Morgan fingerprint density at radius 2 is 2.06 bits per heavy atom. The lowest BCUT2D eigenvalue weighted by Gasteiger charge is -2.29. The Labute approximate surface area is 107 Å². The van der Waals surface area contributed by atoms with Crippen LogP contribution < -0.4 is 0 Å². The van der Waals surface area contributed by atoms with Gasteiger partial charge < -0.3 is 4.74 Å². The topological polar surface area (TPSA) is 43.4 Å². The molecule has 1 aromatic rings. The van der Waals surface area contributed by atoms with Crippen molar-refractivity contribution in [2.24, 2.45) is 5.92 Å². The minimum absolute atomic E-state index is 0.0218. The molecule has 0 saturated heterocycles. The summed E-state index contributed by atoms with van der Waals surface area (Å²) in [7, 11) is 0. The normalized spacial score (nSPS) is 23.7. The fraction of sp³-hybridized carbons (Fsp3) is 0.467. The molecule has 0 aromatic heterocycles. The van der Waals surface area contributed by atoms with Crippen LogP contribution in [-0.4, -0.2) is 18.4 Å². The van der Waals surface area contributed by atoms with E-state index in [1.807, 2.05) is 37.3 Å². The highest BCUT2D eigenvalue weighted by Gasteiger charge is 2.35. The van der Waals surface area contributed by atoms with Crippen molar-refractivity contribution in [2.45, 2.75) is 32.1 Å². The van der Waals surface area contributed by atoms with Gasteiger partial charge in [0.1, 0.15) is 5.78 Å². The van der Waals surface area contributed by atoms with Crippen LogP contribution in [0.4, 0.5) is 0 Å². The third-order valence-corrected chi connectivity index (χ3v) is 3.48. The third-order valence-electron chi connectivity index (χ3n) is 3.48. The quantitative estimate of drug-likeness (QED) is 0.770. The van der Waals surface area contributed by atoms with Crippen LogP contribution in [-0.2, 0) is 14.3 Å². The van der Waals surface area contributed by atoms with Gasteiger partial charge in [0.25, 0.3) is 0 Å². The van der Waals surface area contributed by atoms with Crippen molar-refractivity contribution in [3.05, 3.63) is 35.9 Å². The third kappa shape index (κ3) is 2.78. The van der Waals surface area contributed by atoms with E-state index in [-0.39, 0.29) is 23.6 Å². The predicted octanol–water partition coefficient (Wildman–Crippen LogP) is 2.70. The van der Waals surface area contributed by atoms with Crippen LogP contribution in [0.3, 0.4) is 0 Å². The zero-order chi connectivity index (χ0) is 13.0. The van der Waals surface area contributed by atoms with Crippen LogP contribution in [0.1, 0.15) is 37.7 Å². The summed E-state index contributed by atoms with van der Waals surface area (Å²) in [6.45, 7) is 2.20. The van der Waals surface area contributed by atoms with E-state index in [0.29, 0.717) is 25.9 Å². The molecular formula is C15H18O3. The molecule has 1 aliphatic carbocycles. The summed E-state index contributed by atoms with van der Waals surface area (Å²) in [6, 6.07) is 9.78. The highest BCUT2D eigenvalue weighted by molar-refractivity contribution is 5.84. The number of carbonyl (C=O) groups excluding carboxylic acids is 2. The van der Waals surface area contributed by atoms with Gasteiger partial charge in [-0.3, -0.25) is 9.59 Å². The lowest BCUT2D eigenvalue weighted by atomic mass is 9.75. The number of benzene rings is 1. The summed E-state index contributed by atoms with van der Waals surface area (Å²) in [4.78, 5) is 23.6. The van der Waals surface area contributed by atoms with Crippen molar-refractivity contribution < 1.29 is 14.3 Å². The van der Waals surface area contributed by atoms with Crippen molar-refractivity contribution in [3.63, 3.8) is 0 Å². The van der Waals surface area contributed by atoms with Crippen molar-refractivity contribution in [1.82, 2.24) is 0 Å². The number of esters is 1. The lowest BCUT2D eigenvalue weighted by Crippen LogP contribution is -2.30. The molecule has 1 fully saturated rings. The first-order chi connectivity index (χ1) is 8.72. The maximum absolute atomic E-state index is 12.0. The summed E-state index contributed by atoms with van der Waals surface area (Å²) in [5.74, 6) is -0.125. The van der Waals surface area contributed by atoms with Crippen LogP contribution in [0.5, 0.6) is 0 Å². The second-order valence-electron chi connectivity index (χ2n) is 4.66. The van der Waals surface area contributed by atoms with Gasteiger partial charge in [0.15, 0.2) is 0 Å². The maximum atomic E-state index is 12.0. The first-order valence-corrected chi connectivity index (χ1v) is 6.45. The second kappa shape index (κ2) is 5.80. The van der Waals surface area contributed by atoms with Gasteiger partial charge >= 0.3 is 5.97 Å². The van der Waals surface area contributed by atoms with Gasteiger partial charge in [-0.25, -0.2) is 0 Å². The molecule has 1 aromatic carbocycles. The Bertz CT molecular complexity index is 425. The number of hydrogen-bond donors (Lipinski definition) is 0. The Morgan fingerprint density at radius 1 is 1.33 bits per heavy atom. The zero-order valence-corrected chi connectivity index (χ0v) is 10.6. The minimum atomic E-state index is -0.176. The van der Waals surface area contributed by atoms with E-state index in [9.17, 15) is 9.59 Å². The van der Waals surface area contributed by atoms with Gasteiger partial charge in [0.05, 0.1) is 12.5 Å². The van der Waals surface area contributed by atoms with E-state index in [2.05, 4.69) is 0 Å². The molecule has 1 saturated carbocycles. The number of Topliss-reactive ketones (excluding diaryl/α,β-unsaturated/α-hetero) is 1. The molecular weight excluding hydrogens is 228 g/mol. The van der Waals surface area contributed by atoms with Gasteiger partial charge in [-0.1, -0.05) is 30.3 Å². The van der Waals surface area contributed by atoms with Crippen LogP contribution in [0.25, 0.3) is 0 Å². The average molecular weight is 246 g/mol. The molecule has 2 atom stereocenters. The number of ether oxygens (including phenoxy) is 1. The summed E-state index contributed by atoms with van der Waals surface area (Å²) >= 11 is 0. The smallest absolute Gasteiger partial charge is 0.309 e. The Hall–Kier alpha value is -1.64. The van der Waals surface area contributed by atoms with E-state index in [1.165, 1.54) is 0 Å². The maximum Gasteiger partial charge on any atom is 0.309 e. The van der Waals surface area contributed by atoms with Crippen LogP contribution in [0.15, 0.2) is 30.3 Å². The zero-order valence-electron chi connectivity index (χ0n) is 10.6. The molecule has 3 nitrogen and oxygen atoms in total. The molecule has 0 N–H and O–H groups in total. The molecule has 0 aliphatic heterocycles. The van der Waals surface area contributed by atoms with Crippen LogP contribution >= 0.6 is 0 Å². The Kier molecular flexibility index (Phi) is 4.13. The molecule has 96 valence electrons. The average Bonchev–Trinajstić information content (AvgIpc) is 2.40. The van der Waals surface area contributed by atoms with Crippen molar-refractivity contribution >= 4 is 11.8 Å². The van der Waals surface area contributed by atoms with Crippen molar-refractivity contribution in [2.75, 3.05) is 6.61 Å². The monoisotopic (exact) mass is 246 g/mol. The summed E-state index contributed by atoms with van der Waals surface area (Å²) < 4.78 is 5.12. The summed E-state index contributed by atoms with van der Waals surface area (Å²) in [5.41, 5.74) is 1.06. The first kappa shape index (κ1) is 12.8. The minimum Gasteiger partial charge on any atom is -0.466 e. The standard InChI is InChI=1S/C15H18O3/c1-2-18-15(17)13-9-8-12(16)10-14(13)11-6-4-3-5-7-11/h3-7,13-14H,2,8-10H2,1H3. The van der Waals surface area contributed by atoms with E-state index in [1.54, 1.807) is 0 Å². The molecule has 2 unspecified atom stereocenters. The Morgan fingerprint density at radius 3 is 2.72 bits per heavy atom. The Balaban J connectivity index is 2.21. The van der Waals surface area contributed by atoms with E-state index < -0.39 is 0 Å². The van der Waals surface area contributed by atoms with Crippen LogP contribution in [0, 0.1) is 5.92 Å². The molecule has 0 spiro atoms. The SMILES string of the molecule is CCOC(=O)C1CCC(=O)CC1c1ccccc1. The summed E-state index contributed by atoms with van der Waals surface area (Å²) in [6.07, 6.45) is 1.55. The number of ketones is 1. The van der Waals surface area contributed by atoms with Crippen molar-refractivity contribution in [1.29, 1.82) is 0 Å². The molecule has 0 amide bonds. The number of rotatable bonds is 3. The molecule has 0 radical (unpaired) electrons. The molecule has 0 heterocycles. The van der Waals surface area contributed by atoms with Gasteiger partial charge in [0, 0.05) is 18.8 Å². The van der Waals surface area contributed by atoms with Crippen molar-refractivity contribution in [3.8, 4) is 0 Å². The second-order valence-corrected chi connectivity index (χ2v) is 4.66. The number of hydrogen-bond acceptors (Lipinski definition) is 3. The molecule has 0 bridgehead atoms. The first-order valence-electron chi connectivity index (χ1n) is 6.45. The van der Waals surface area contributed by atoms with Gasteiger partial charge in [0.2, 0.25) is 0 Å². The lowest BCUT2D eigenvalue weighted by molar-refractivity contribution is -0.150. The van der Waals surface area contributed by atoms with Crippen LogP contribution in [0.2, 0.25) is 0 Å². The van der Waals surface area contributed by atoms with E-state index >= 15 is 0 Å².